The summed E-state index contributed by atoms with van der Waals surface area (Å²) >= 11 is 0. The van der Waals surface area contributed by atoms with Gasteiger partial charge in [0.2, 0.25) is 5.89 Å². The van der Waals surface area contributed by atoms with E-state index in [0.29, 0.717) is 17.5 Å². The number of aryl methyl sites for hydroxylation is 1. The quantitative estimate of drug-likeness (QED) is 0.713. The summed E-state index contributed by atoms with van der Waals surface area (Å²) in [6.07, 6.45) is 0. The van der Waals surface area contributed by atoms with Gasteiger partial charge in [0.25, 0.3) is 5.89 Å². The lowest BCUT2D eigenvalue weighted by molar-refractivity contribution is 0.260. The highest BCUT2D eigenvalue weighted by Crippen LogP contribution is 2.23. The zero-order valence-electron chi connectivity index (χ0n) is 11.5. The number of hydrogen-bond acceptors (Lipinski definition) is 5. The van der Waals surface area contributed by atoms with E-state index in [0.717, 1.165) is 11.5 Å². The van der Waals surface area contributed by atoms with Crippen molar-refractivity contribution >= 4 is 0 Å². The van der Waals surface area contributed by atoms with Crippen LogP contribution in [0.1, 0.15) is 11.8 Å². The Kier molecular flexibility index (Phi) is 3.82. The van der Waals surface area contributed by atoms with Crippen molar-refractivity contribution in [2.75, 3.05) is 0 Å². The number of ether oxygens (including phenoxy) is 2. The highest BCUT2D eigenvalue weighted by molar-refractivity contribution is 5.35. The molecule has 0 fully saturated rings. The average Bonchev–Trinajstić information content (AvgIpc) is 2.93. The van der Waals surface area contributed by atoms with Crippen LogP contribution in [0.4, 0.5) is 0 Å². The van der Waals surface area contributed by atoms with E-state index >= 15 is 0 Å². The highest BCUT2D eigenvalue weighted by atomic mass is 16.5. The number of nitrogens with zero attached hydrogens (tertiary/aromatic N) is 2. The van der Waals surface area contributed by atoms with Gasteiger partial charge in [0.15, 0.2) is 6.61 Å². The van der Waals surface area contributed by atoms with Crippen molar-refractivity contribution in [1.82, 2.24) is 10.2 Å². The van der Waals surface area contributed by atoms with Gasteiger partial charge in [-0.25, -0.2) is 0 Å². The fraction of sp³-hybridized carbons (Fsp3) is 0.125. The minimum absolute atomic E-state index is 0.250. The fourth-order valence-corrected chi connectivity index (χ4v) is 1.77. The Labute approximate surface area is 122 Å². The zero-order valence-corrected chi connectivity index (χ0v) is 11.5. The largest absolute Gasteiger partial charge is 0.484 e. The molecule has 0 radical (unpaired) electrons. The van der Waals surface area contributed by atoms with Gasteiger partial charge in [0, 0.05) is 6.92 Å². The summed E-state index contributed by atoms with van der Waals surface area (Å²) in [4.78, 5) is 0. The van der Waals surface area contributed by atoms with Crippen LogP contribution in [0.2, 0.25) is 0 Å². The van der Waals surface area contributed by atoms with E-state index in [1.165, 1.54) is 0 Å². The van der Waals surface area contributed by atoms with E-state index in [1.807, 2.05) is 54.6 Å². The van der Waals surface area contributed by atoms with Crippen LogP contribution in [0.15, 0.2) is 59.0 Å². The first-order valence-electron chi connectivity index (χ1n) is 6.54. The summed E-state index contributed by atoms with van der Waals surface area (Å²) < 4.78 is 16.5. The second-order valence-electron chi connectivity index (χ2n) is 4.39. The Morgan fingerprint density at radius 3 is 2.19 bits per heavy atom. The molecule has 0 bridgehead atoms. The summed E-state index contributed by atoms with van der Waals surface area (Å²) in [5.41, 5.74) is 0. The molecule has 5 heteroatoms. The van der Waals surface area contributed by atoms with Crippen LogP contribution >= 0.6 is 0 Å². The highest BCUT2D eigenvalue weighted by Gasteiger charge is 2.03. The number of aromatic nitrogens is 2. The van der Waals surface area contributed by atoms with Crippen LogP contribution in [-0.4, -0.2) is 10.2 Å². The number of rotatable bonds is 5. The molecule has 5 nitrogen and oxygen atoms in total. The van der Waals surface area contributed by atoms with Gasteiger partial charge in [-0.1, -0.05) is 18.2 Å². The first-order valence-corrected chi connectivity index (χ1v) is 6.54. The average molecular weight is 282 g/mol. The van der Waals surface area contributed by atoms with Gasteiger partial charge in [-0.15, -0.1) is 10.2 Å². The fourth-order valence-electron chi connectivity index (χ4n) is 1.77. The van der Waals surface area contributed by atoms with Crippen LogP contribution in [0.5, 0.6) is 17.2 Å². The van der Waals surface area contributed by atoms with Crippen LogP contribution in [0.3, 0.4) is 0 Å². The van der Waals surface area contributed by atoms with E-state index in [-0.39, 0.29) is 6.61 Å². The molecule has 0 aliphatic carbocycles. The molecule has 0 saturated heterocycles. The Morgan fingerprint density at radius 2 is 1.52 bits per heavy atom. The predicted octanol–water partition coefficient (Wildman–Crippen LogP) is 3.75. The van der Waals surface area contributed by atoms with E-state index in [2.05, 4.69) is 10.2 Å². The number of para-hydroxylation sites is 1. The number of hydrogen-bond donors (Lipinski definition) is 0. The molecule has 106 valence electrons. The summed E-state index contributed by atoms with van der Waals surface area (Å²) in [6, 6.07) is 17.0. The van der Waals surface area contributed by atoms with Gasteiger partial charge in [0.05, 0.1) is 0 Å². The lowest BCUT2D eigenvalue weighted by atomic mass is 10.3. The Balaban J connectivity index is 1.59. The van der Waals surface area contributed by atoms with Crippen molar-refractivity contribution in [3.63, 3.8) is 0 Å². The molecular formula is C16H14N2O3. The van der Waals surface area contributed by atoms with Gasteiger partial charge in [-0.2, -0.15) is 0 Å². The Hall–Kier alpha value is -2.82. The zero-order chi connectivity index (χ0) is 14.5. The molecule has 0 amide bonds. The summed E-state index contributed by atoms with van der Waals surface area (Å²) in [7, 11) is 0. The molecule has 3 aromatic rings. The summed E-state index contributed by atoms with van der Waals surface area (Å²) in [6.45, 7) is 1.99. The first kappa shape index (κ1) is 13.2. The third-order valence-electron chi connectivity index (χ3n) is 2.73. The monoisotopic (exact) mass is 282 g/mol. The Morgan fingerprint density at radius 1 is 0.857 bits per heavy atom. The second-order valence-corrected chi connectivity index (χ2v) is 4.39. The molecule has 2 aromatic carbocycles. The van der Waals surface area contributed by atoms with Crippen molar-refractivity contribution in [3.8, 4) is 17.2 Å². The molecular weight excluding hydrogens is 268 g/mol. The van der Waals surface area contributed by atoms with Gasteiger partial charge in [-0.3, -0.25) is 0 Å². The maximum absolute atomic E-state index is 5.70. The topological polar surface area (TPSA) is 57.4 Å². The smallest absolute Gasteiger partial charge is 0.253 e. The van der Waals surface area contributed by atoms with Crippen LogP contribution in [0.25, 0.3) is 0 Å². The maximum atomic E-state index is 5.70. The van der Waals surface area contributed by atoms with Crippen LogP contribution < -0.4 is 9.47 Å². The van der Waals surface area contributed by atoms with Crippen molar-refractivity contribution in [3.05, 3.63) is 66.4 Å². The predicted molar refractivity (Wildman–Crippen MR) is 76.3 cm³/mol. The molecule has 0 aliphatic rings. The Bertz CT molecular complexity index is 693. The third-order valence-corrected chi connectivity index (χ3v) is 2.73. The molecule has 0 spiro atoms. The van der Waals surface area contributed by atoms with Crippen LogP contribution in [-0.2, 0) is 6.61 Å². The normalized spacial score (nSPS) is 10.3. The lowest BCUT2D eigenvalue weighted by Gasteiger charge is -2.07. The summed E-state index contributed by atoms with van der Waals surface area (Å²) in [5.74, 6) is 3.25. The second kappa shape index (κ2) is 6.09. The molecule has 1 aromatic heterocycles. The minimum atomic E-state index is 0.250. The molecule has 0 aliphatic heterocycles. The lowest BCUT2D eigenvalue weighted by Crippen LogP contribution is -1.95. The standard InChI is InChI=1S/C16H14N2O3/c1-12-17-18-16(20-12)11-19-13-7-9-15(10-8-13)21-14-5-3-2-4-6-14/h2-10H,11H2,1H3. The molecule has 0 N–H and O–H groups in total. The van der Waals surface area contributed by atoms with Crippen molar-refractivity contribution in [2.24, 2.45) is 0 Å². The molecule has 21 heavy (non-hydrogen) atoms. The van der Waals surface area contributed by atoms with Crippen molar-refractivity contribution in [1.29, 1.82) is 0 Å². The molecule has 0 atom stereocenters. The minimum Gasteiger partial charge on any atom is -0.484 e. The number of benzene rings is 2. The first-order chi connectivity index (χ1) is 10.3. The maximum Gasteiger partial charge on any atom is 0.253 e. The van der Waals surface area contributed by atoms with Gasteiger partial charge in [0.1, 0.15) is 17.2 Å². The van der Waals surface area contributed by atoms with Crippen molar-refractivity contribution in [2.45, 2.75) is 13.5 Å². The molecule has 1 heterocycles. The van der Waals surface area contributed by atoms with E-state index in [1.54, 1.807) is 6.92 Å². The van der Waals surface area contributed by atoms with Gasteiger partial charge < -0.3 is 13.9 Å². The summed E-state index contributed by atoms with van der Waals surface area (Å²) in [5, 5.41) is 7.61. The van der Waals surface area contributed by atoms with E-state index in [4.69, 9.17) is 13.9 Å². The third kappa shape index (κ3) is 3.60. The SMILES string of the molecule is Cc1nnc(COc2ccc(Oc3ccccc3)cc2)o1. The van der Waals surface area contributed by atoms with Gasteiger partial charge in [-0.05, 0) is 36.4 Å². The van der Waals surface area contributed by atoms with E-state index < -0.39 is 0 Å². The molecule has 0 unspecified atom stereocenters. The molecule has 0 saturated carbocycles. The van der Waals surface area contributed by atoms with Crippen molar-refractivity contribution < 1.29 is 13.9 Å². The van der Waals surface area contributed by atoms with E-state index in [9.17, 15) is 0 Å². The van der Waals surface area contributed by atoms with Gasteiger partial charge >= 0.3 is 0 Å². The molecule has 3 rings (SSSR count). The van der Waals surface area contributed by atoms with Crippen LogP contribution in [0, 0.1) is 6.92 Å².